The maximum Gasteiger partial charge on any atom is 0.0543 e. The summed E-state index contributed by atoms with van der Waals surface area (Å²) in [7, 11) is 0. The lowest BCUT2D eigenvalue weighted by atomic mass is 9.58. The SMILES string of the molecule is CC1(C)CCCC2c3cc(-c4c5ccccc5c(-c5ccccc5)c5ccccc45)ccc3N(c3ccccc3)C21C. The van der Waals surface area contributed by atoms with E-state index in [0.717, 1.165) is 0 Å². The van der Waals surface area contributed by atoms with E-state index in [1.54, 1.807) is 0 Å². The summed E-state index contributed by atoms with van der Waals surface area (Å²) in [6.07, 6.45) is 3.76. The summed E-state index contributed by atoms with van der Waals surface area (Å²) >= 11 is 0. The van der Waals surface area contributed by atoms with Crippen LogP contribution in [0.4, 0.5) is 11.4 Å². The first kappa shape index (κ1) is 25.4. The second-order valence-corrected chi connectivity index (χ2v) is 13.1. The Bertz CT molecular complexity index is 1900. The fourth-order valence-corrected chi connectivity index (χ4v) is 8.45. The van der Waals surface area contributed by atoms with Crippen LogP contribution >= 0.6 is 0 Å². The number of para-hydroxylation sites is 1. The molecular weight excluding hydrogens is 506 g/mol. The van der Waals surface area contributed by atoms with E-state index >= 15 is 0 Å². The number of benzene rings is 6. The fourth-order valence-electron chi connectivity index (χ4n) is 8.45. The van der Waals surface area contributed by atoms with Crippen LogP contribution in [0.1, 0.15) is 51.5 Å². The molecule has 1 fully saturated rings. The van der Waals surface area contributed by atoms with Gasteiger partial charge in [0.1, 0.15) is 0 Å². The molecule has 6 aromatic carbocycles. The van der Waals surface area contributed by atoms with Gasteiger partial charge in [0.25, 0.3) is 0 Å². The van der Waals surface area contributed by atoms with Crippen LogP contribution in [0.15, 0.2) is 127 Å². The molecule has 206 valence electrons. The molecule has 1 aliphatic carbocycles. The highest BCUT2D eigenvalue weighted by molar-refractivity contribution is 6.21. The summed E-state index contributed by atoms with van der Waals surface area (Å²) < 4.78 is 0. The average Bonchev–Trinajstić information content (AvgIpc) is 3.29. The van der Waals surface area contributed by atoms with Crippen molar-refractivity contribution in [1.29, 1.82) is 0 Å². The molecule has 0 spiro atoms. The summed E-state index contributed by atoms with van der Waals surface area (Å²) in [5.74, 6) is 0.484. The van der Waals surface area contributed by atoms with Crippen molar-refractivity contribution in [2.45, 2.75) is 51.5 Å². The zero-order valence-corrected chi connectivity index (χ0v) is 24.8. The number of rotatable bonds is 3. The maximum atomic E-state index is 2.69. The van der Waals surface area contributed by atoms with E-state index < -0.39 is 0 Å². The molecule has 1 heteroatoms. The second kappa shape index (κ2) is 9.33. The predicted octanol–water partition coefficient (Wildman–Crippen LogP) is 11.5. The molecule has 2 unspecified atom stereocenters. The second-order valence-electron chi connectivity index (χ2n) is 13.1. The molecule has 0 saturated heterocycles. The Morgan fingerprint density at radius 3 is 1.69 bits per heavy atom. The van der Waals surface area contributed by atoms with Gasteiger partial charge in [-0.05, 0) is 98.8 Å². The molecule has 1 nitrogen and oxygen atoms in total. The molecule has 0 radical (unpaired) electrons. The van der Waals surface area contributed by atoms with Crippen molar-refractivity contribution in [1.82, 2.24) is 0 Å². The van der Waals surface area contributed by atoms with Crippen molar-refractivity contribution in [3.05, 3.63) is 133 Å². The van der Waals surface area contributed by atoms with Crippen LogP contribution in [-0.4, -0.2) is 5.54 Å². The van der Waals surface area contributed by atoms with Gasteiger partial charge in [0, 0.05) is 17.3 Å². The zero-order chi connectivity index (χ0) is 28.5. The van der Waals surface area contributed by atoms with Crippen molar-refractivity contribution in [3.8, 4) is 22.3 Å². The molecule has 0 bridgehead atoms. The van der Waals surface area contributed by atoms with Crippen molar-refractivity contribution in [2.75, 3.05) is 4.90 Å². The van der Waals surface area contributed by atoms with Gasteiger partial charge >= 0.3 is 0 Å². The lowest BCUT2D eigenvalue weighted by Gasteiger charge is -2.55. The van der Waals surface area contributed by atoms with E-state index in [9.17, 15) is 0 Å². The largest absolute Gasteiger partial charge is 0.334 e. The molecule has 2 aliphatic rings. The van der Waals surface area contributed by atoms with E-state index in [-0.39, 0.29) is 11.0 Å². The highest BCUT2D eigenvalue weighted by Crippen LogP contribution is 2.63. The van der Waals surface area contributed by atoms with Gasteiger partial charge in [-0.15, -0.1) is 0 Å². The van der Waals surface area contributed by atoms with Gasteiger partial charge < -0.3 is 4.90 Å². The van der Waals surface area contributed by atoms with Crippen LogP contribution in [0.5, 0.6) is 0 Å². The van der Waals surface area contributed by atoms with Crippen molar-refractivity contribution in [3.63, 3.8) is 0 Å². The Hall–Kier alpha value is -4.36. The van der Waals surface area contributed by atoms with E-state index in [1.165, 1.54) is 80.0 Å². The van der Waals surface area contributed by atoms with Crippen LogP contribution in [0.3, 0.4) is 0 Å². The predicted molar refractivity (Wildman–Crippen MR) is 180 cm³/mol. The first-order chi connectivity index (χ1) is 20.5. The zero-order valence-electron chi connectivity index (χ0n) is 24.8. The molecule has 0 N–H and O–H groups in total. The normalized spacial score (nSPS) is 20.9. The number of fused-ring (bicyclic) bond motifs is 5. The van der Waals surface area contributed by atoms with Crippen molar-refractivity contribution < 1.29 is 0 Å². The number of hydrogen-bond donors (Lipinski definition) is 0. The molecule has 2 atom stereocenters. The van der Waals surface area contributed by atoms with E-state index in [2.05, 4.69) is 153 Å². The van der Waals surface area contributed by atoms with Crippen LogP contribution in [0.2, 0.25) is 0 Å². The molecule has 0 amide bonds. The third kappa shape index (κ3) is 3.49. The Balaban J connectivity index is 1.41. The molecule has 0 aromatic heterocycles. The van der Waals surface area contributed by atoms with Gasteiger partial charge in [0.15, 0.2) is 0 Å². The minimum atomic E-state index is 0.00879. The third-order valence-electron chi connectivity index (χ3n) is 10.7. The van der Waals surface area contributed by atoms with Crippen LogP contribution in [0.25, 0.3) is 43.8 Å². The summed E-state index contributed by atoms with van der Waals surface area (Å²) in [4.78, 5) is 2.69. The molecular formula is C41H37N. The highest BCUT2D eigenvalue weighted by Gasteiger charge is 2.58. The minimum Gasteiger partial charge on any atom is -0.334 e. The Morgan fingerprint density at radius 1 is 0.571 bits per heavy atom. The number of nitrogens with zero attached hydrogens (tertiary/aromatic N) is 1. The summed E-state index contributed by atoms with van der Waals surface area (Å²) in [6.45, 7) is 7.51. The van der Waals surface area contributed by atoms with Crippen LogP contribution in [-0.2, 0) is 0 Å². The number of hydrogen-bond acceptors (Lipinski definition) is 1. The summed E-state index contributed by atoms with van der Waals surface area (Å²) in [5, 5.41) is 5.26. The van der Waals surface area contributed by atoms with Crippen molar-refractivity contribution >= 4 is 32.9 Å². The minimum absolute atomic E-state index is 0.00879. The Morgan fingerprint density at radius 2 is 1.10 bits per heavy atom. The molecule has 6 aromatic rings. The first-order valence-corrected chi connectivity index (χ1v) is 15.5. The Labute approximate surface area is 249 Å². The fraction of sp³-hybridized carbons (Fsp3) is 0.220. The first-order valence-electron chi connectivity index (χ1n) is 15.5. The maximum absolute atomic E-state index is 2.69. The van der Waals surface area contributed by atoms with Gasteiger partial charge in [0.2, 0.25) is 0 Å². The molecule has 8 rings (SSSR count). The van der Waals surface area contributed by atoms with Gasteiger partial charge in [-0.2, -0.15) is 0 Å². The van der Waals surface area contributed by atoms with Gasteiger partial charge in [-0.1, -0.05) is 123 Å². The quantitative estimate of drug-likeness (QED) is 0.201. The molecule has 42 heavy (non-hydrogen) atoms. The van der Waals surface area contributed by atoms with E-state index in [4.69, 9.17) is 0 Å². The third-order valence-corrected chi connectivity index (χ3v) is 10.7. The highest BCUT2D eigenvalue weighted by atomic mass is 15.3. The van der Waals surface area contributed by atoms with Crippen molar-refractivity contribution in [2.24, 2.45) is 5.41 Å². The van der Waals surface area contributed by atoms with Crippen LogP contribution in [0, 0.1) is 5.41 Å². The standard InChI is InChI=1S/C41H37N/c1-40(2)26-14-23-36-35-27-29(24-25-37(35)42(41(36,40)3)30-17-8-5-9-18-30)39-33-21-12-10-19-31(33)38(28-15-6-4-7-16-28)32-20-11-13-22-34(32)39/h4-13,15-22,24-25,27,36H,14,23,26H2,1-3H3. The molecule has 1 aliphatic heterocycles. The summed E-state index contributed by atoms with van der Waals surface area (Å²) in [6, 6.07) is 47.3. The van der Waals surface area contributed by atoms with Gasteiger partial charge in [0.05, 0.1) is 5.54 Å². The lowest BCUT2D eigenvalue weighted by Crippen LogP contribution is -2.56. The lowest BCUT2D eigenvalue weighted by molar-refractivity contribution is 0.101. The van der Waals surface area contributed by atoms with E-state index in [1.807, 2.05) is 0 Å². The van der Waals surface area contributed by atoms with Crippen LogP contribution < -0.4 is 4.90 Å². The molecule has 1 heterocycles. The summed E-state index contributed by atoms with van der Waals surface area (Å²) in [5.41, 5.74) is 9.63. The van der Waals surface area contributed by atoms with E-state index in [0.29, 0.717) is 5.92 Å². The number of anilines is 2. The average molecular weight is 544 g/mol. The Kier molecular flexibility index (Phi) is 5.63. The topological polar surface area (TPSA) is 3.24 Å². The van der Waals surface area contributed by atoms with Gasteiger partial charge in [-0.25, -0.2) is 0 Å². The van der Waals surface area contributed by atoms with Gasteiger partial charge in [-0.3, -0.25) is 0 Å². The monoisotopic (exact) mass is 543 g/mol. The smallest absolute Gasteiger partial charge is 0.0543 e. The molecule has 1 saturated carbocycles.